The number of aliphatic hydroxyl groups is 1. The third kappa shape index (κ3) is 5.03. The highest BCUT2D eigenvalue weighted by molar-refractivity contribution is 7.99. The summed E-state index contributed by atoms with van der Waals surface area (Å²) in [4.78, 5) is 11.5. The van der Waals surface area contributed by atoms with Crippen molar-refractivity contribution in [2.75, 3.05) is 26.4 Å². The first-order valence-corrected chi connectivity index (χ1v) is 8.87. The Morgan fingerprint density at radius 3 is 2.48 bits per heavy atom. The Labute approximate surface area is 143 Å². The van der Waals surface area contributed by atoms with E-state index in [0.29, 0.717) is 0 Å². The van der Waals surface area contributed by atoms with Crippen LogP contribution >= 0.6 is 11.8 Å². The van der Waals surface area contributed by atoms with Crippen LogP contribution < -0.4 is 0 Å². The van der Waals surface area contributed by atoms with Gasteiger partial charge in [0.2, 0.25) is 0 Å². The van der Waals surface area contributed by atoms with E-state index in [1.54, 1.807) is 18.7 Å². The fourth-order valence-electron chi connectivity index (χ4n) is 2.41. The summed E-state index contributed by atoms with van der Waals surface area (Å²) in [5, 5.41) is 11.0. The van der Waals surface area contributed by atoms with Gasteiger partial charge in [0.25, 0.3) is 0 Å². The number of nitrogens with zero attached hydrogens (tertiary/aromatic N) is 3. The van der Waals surface area contributed by atoms with Gasteiger partial charge < -0.3 is 10.0 Å². The predicted molar refractivity (Wildman–Crippen MR) is 96.7 cm³/mol. The van der Waals surface area contributed by atoms with Crippen LogP contribution in [0.3, 0.4) is 0 Å². The second-order valence-electron chi connectivity index (χ2n) is 5.90. The second kappa shape index (κ2) is 8.43. The summed E-state index contributed by atoms with van der Waals surface area (Å²) in [5.41, 5.74) is 2.70. The quantitative estimate of drug-likeness (QED) is 0.478. The Morgan fingerprint density at radius 1 is 1.17 bits per heavy atom. The van der Waals surface area contributed by atoms with Crippen LogP contribution in [0.25, 0.3) is 11.4 Å². The lowest BCUT2D eigenvalue weighted by atomic mass is 10.1. The van der Waals surface area contributed by atoms with Gasteiger partial charge in [0.15, 0.2) is 5.82 Å². The van der Waals surface area contributed by atoms with Crippen molar-refractivity contribution in [3.63, 3.8) is 0 Å². The number of thioether (sulfide) groups is 1. The fraction of sp³-hybridized carbons (Fsp3) is 0.444. The van der Waals surface area contributed by atoms with Gasteiger partial charge in [-0.2, -0.15) is 0 Å². The minimum absolute atomic E-state index is 0.559. The molecule has 1 aromatic carbocycles. The summed E-state index contributed by atoms with van der Waals surface area (Å²) in [6.45, 7) is 4.77. The summed E-state index contributed by atoms with van der Waals surface area (Å²) in [6, 6.07) is 9.98. The van der Waals surface area contributed by atoms with Crippen molar-refractivity contribution in [1.29, 1.82) is 0 Å². The van der Waals surface area contributed by atoms with E-state index in [9.17, 15) is 5.11 Å². The molecule has 0 radical (unpaired) electrons. The normalized spacial score (nSPS) is 12.6. The van der Waals surface area contributed by atoms with Gasteiger partial charge in [-0.25, -0.2) is 9.97 Å². The highest BCUT2D eigenvalue weighted by atomic mass is 32.2. The number of aromatic nitrogens is 2. The van der Waals surface area contributed by atoms with Gasteiger partial charge in [-0.15, -0.1) is 11.8 Å². The molecule has 1 atom stereocenters. The molecule has 4 nitrogen and oxygen atoms in total. The zero-order valence-corrected chi connectivity index (χ0v) is 15.1. The smallest absolute Gasteiger partial charge is 0.160 e. The van der Waals surface area contributed by atoms with Gasteiger partial charge >= 0.3 is 0 Å². The molecule has 1 N–H and O–H groups in total. The van der Waals surface area contributed by atoms with Crippen molar-refractivity contribution in [1.82, 2.24) is 14.9 Å². The standard InChI is InChI=1S/C18H25N3OS/c1-13-16(14(2)22)18(23-12-8-11-21(3)4)20-17(19-13)15-9-6-5-7-10-15/h5-7,9-10,14,22H,8,11-12H2,1-4H3. The van der Waals surface area contributed by atoms with Crippen LogP contribution in [-0.4, -0.2) is 46.4 Å². The van der Waals surface area contributed by atoms with Crippen molar-refractivity contribution in [3.05, 3.63) is 41.6 Å². The Morgan fingerprint density at radius 2 is 1.87 bits per heavy atom. The lowest BCUT2D eigenvalue weighted by Crippen LogP contribution is -2.13. The van der Waals surface area contributed by atoms with Gasteiger partial charge in [-0.3, -0.25) is 0 Å². The molecule has 0 fully saturated rings. The molecule has 5 heteroatoms. The van der Waals surface area contributed by atoms with Crippen molar-refractivity contribution in [3.8, 4) is 11.4 Å². The van der Waals surface area contributed by atoms with E-state index < -0.39 is 6.10 Å². The molecule has 1 aromatic heterocycles. The molecule has 0 saturated carbocycles. The minimum Gasteiger partial charge on any atom is -0.389 e. The first-order chi connectivity index (χ1) is 11.0. The summed E-state index contributed by atoms with van der Waals surface area (Å²) in [7, 11) is 4.16. The van der Waals surface area contributed by atoms with E-state index in [1.165, 1.54) is 0 Å². The molecular formula is C18H25N3OS. The van der Waals surface area contributed by atoms with Gasteiger partial charge in [-0.1, -0.05) is 30.3 Å². The summed E-state index contributed by atoms with van der Waals surface area (Å²) < 4.78 is 0. The molecule has 2 rings (SSSR count). The van der Waals surface area contributed by atoms with Crippen molar-refractivity contribution in [2.45, 2.75) is 31.4 Å². The van der Waals surface area contributed by atoms with Gasteiger partial charge in [-0.05, 0) is 40.9 Å². The maximum absolute atomic E-state index is 10.1. The largest absolute Gasteiger partial charge is 0.389 e. The molecule has 0 aliphatic rings. The Kier molecular flexibility index (Phi) is 6.57. The van der Waals surface area contributed by atoms with Gasteiger partial charge in [0.1, 0.15) is 5.03 Å². The molecule has 0 amide bonds. The Bertz CT molecular complexity index is 630. The molecule has 1 heterocycles. The van der Waals surface area contributed by atoms with Gasteiger partial charge in [0, 0.05) is 22.6 Å². The highest BCUT2D eigenvalue weighted by Crippen LogP contribution is 2.30. The SMILES string of the molecule is Cc1nc(-c2ccccc2)nc(SCCCN(C)C)c1C(C)O. The zero-order chi connectivity index (χ0) is 16.8. The molecule has 0 bridgehead atoms. The molecular weight excluding hydrogens is 306 g/mol. The fourth-order valence-corrected chi connectivity index (χ4v) is 3.50. The first kappa shape index (κ1) is 17.9. The van der Waals surface area contributed by atoms with Crippen LogP contribution in [0.2, 0.25) is 0 Å². The van der Waals surface area contributed by atoms with E-state index >= 15 is 0 Å². The number of rotatable bonds is 7. The van der Waals surface area contributed by atoms with E-state index in [2.05, 4.69) is 24.0 Å². The van der Waals surface area contributed by atoms with Gasteiger partial charge in [0.05, 0.1) is 6.10 Å². The molecule has 0 saturated heterocycles. The zero-order valence-electron chi connectivity index (χ0n) is 14.3. The first-order valence-electron chi connectivity index (χ1n) is 7.88. The second-order valence-corrected chi connectivity index (χ2v) is 6.98. The molecule has 0 aliphatic heterocycles. The number of benzene rings is 1. The van der Waals surface area contributed by atoms with Crippen LogP contribution in [0.15, 0.2) is 35.4 Å². The van der Waals surface area contributed by atoms with E-state index in [0.717, 1.165) is 46.4 Å². The molecule has 23 heavy (non-hydrogen) atoms. The van der Waals surface area contributed by atoms with Crippen LogP contribution in [0.5, 0.6) is 0 Å². The topological polar surface area (TPSA) is 49.2 Å². The highest BCUT2D eigenvalue weighted by Gasteiger charge is 2.17. The number of aliphatic hydroxyl groups excluding tert-OH is 1. The van der Waals surface area contributed by atoms with Crippen molar-refractivity contribution < 1.29 is 5.11 Å². The predicted octanol–water partition coefficient (Wildman–Crippen LogP) is 3.55. The maximum atomic E-state index is 10.1. The number of hydrogen-bond acceptors (Lipinski definition) is 5. The molecule has 2 aromatic rings. The van der Waals surface area contributed by atoms with Crippen molar-refractivity contribution >= 4 is 11.8 Å². The molecule has 0 aliphatic carbocycles. The monoisotopic (exact) mass is 331 g/mol. The van der Waals surface area contributed by atoms with Crippen LogP contribution in [0, 0.1) is 6.92 Å². The molecule has 124 valence electrons. The van der Waals surface area contributed by atoms with E-state index in [4.69, 9.17) is 4.98 Å². The van der Waals surface area contributed by atoms with Crippen LogP contribution in [0.4, 0.5) is 0 Å². The third-order valence-corrected chi connectivity index (χ3v) is 4.62. The summed E-state index contributed by atoms with van der Waals surface area (Å²) in [6.07, 6.45) is 0.525. The Balaban J connectivity index is 2.27. The number of aryl methyl sites for hydroxylation is 1. The average molecular weight is 331 g/mol. The lowest BCUT2D eigenvalue weighted by Gasteiger charge is -2.15. The summed E-state index contributed by atoms with van der Waals surface area (Å²) in [5.74, 6) is 1.70. The summed E-state index contributed by atoms with van der Waals surface area (Å²) >= 11 is 1.70. The average Bonchev–Trinajstić information content (AvgIpc) is 2.51. The van der Waals surface area contributed by atoms with Crippen LogP contribution in [-0.2, 0) is 0 Å². The minimum atomic E-state index is -0.559. The molecule has 1 unspecified atom stereocenters. The molecule has 0 spiro atoms. The Hall–Kier alpha value is -1.43. The third-order valence-electron chi connectivity index (χ3n) is 3.54. The van der Waals surface area contributed by atoms with E-state index in [-0.39, 0.29) is 0 Å². The lowest BCUT2D eigenvalue weighted by molar-refractivity contribution is 0.194. The van der Waals surface area contributed by atoms with Crippen molar-refractivity contribution in [2.24, 2.45) is 0 Å². The maximum Gasteiger partial charge on any atom is 0.160 e. The van der Waals surface area contributed by atoms with Crippen LogP contribution in [0.1, 0.15) is 30.7 Å². The number of hydrogen-bond donors (Lipinski definition) is 1. The van der Waals surface area contributed by atoms with E-state index in [1.807, 2.05) is 37.3 Å².